The number of benzene rings is 2. The summed E-state index contributed by atoms with van der Waals surface area (Å²) >= 11 is 12.1. The summed E-state index contributed by atoms with van der Waals surface area (Å²) in [5.74, 6) is -1.08. The van der Waals surface area contributed by atoms with E-state index < -0.39 is 21.8 Å². The molecule has 2 amide bonds. The van der Waals surface area contributed by atoms with Crippen LogP contribution in [0.5, 0.6) is 0 Å². The fourth-order valence-electron chi connectivity index (χ4n) is 2.92. The van der Waals surface area contributed by atoms with Gasteiger partial charge in [0, 0.05) is 24.5 Å². The number of carbonyl (C=O) groups is 2. The quantitative estimate of drug-likeness (QED) is 0.549. The van der Waals surface area contributed by atoms with Crippen LogP contribution in [0, 0.1) is 0 Å². The number of nitrogens with two attached hydrogens (primary N) is 1. The van der Waals surface area contributed by atoms with Crippen LogP contribution in [0.15, 0.2) is 41.3 Å². The van der Waals surface area contributed by atoms with Gasteiger partial charge in [-0.2, -0.15) is 4.31 Å². The molecule has 0 spiro atoms. The van der Waals surface area contributed by atoms with Crippen molar-refractivity contribution in [1.82, 2.24) is 4.31 Å². The number of morpholine rings is 1. The molecule has 0 aromatic heterocycles. The molecule has 9 nitrogen and oxygen atoms in total. The molecular formula is C19H20Cl2N4O5S. The Hall–Kier alpha value is -2.37. The van der Waals surface area contributed by atoms with E-state index in [4.69, 9.17) is 33.7 Å². The number of nitrogens with one attached hydrogen (secondary N) is 2. The van der Waals surface area contributed by atoms with Crippen molar-refractivity contribution < 1.29 is 22.7 Å². The van der Waals surface area contributed by atoms with Gasteiger partial charge in [-0.15, -0.1) is 0 Å². The second-order valence-electron chi connectivity index (χ2n) is 6.62. The van der Waals surface area contributed by atoms with Gasteiger partial charge in [0.25, 0.3) is 0 Å². The van der Waals surface area contributed by atoms with E-state index in [2.05, 4.69) is 10.6 Å². The van der Waals surface area contributed by atoms with Crippen LogP contribution in [-0.4, -0.2) is 57.4 Å². The molecule has 0 atom stereocenters. The number of primary amides is 1. The van der Waals surface area contributed by atoms with Crippen molar-refractivity contribution in [2.24, 2.45) is 5.73 Å². The first-order valence-electron chi connectivity index (χ1n) is 9.19. The minimum atomic E-state index is -3.82. The average Bonchev–Trinajstić information content (AvgIpc) is 2.74. The molecule has 1 fully saturated rings. The monoisotopic (exact) mass is 486 g/mol. The van der Waals surface area contributed by atoms with Crippen molar-refractivity contribution >= 4 is 56.4 Å². The van der Waals surface area contributed by atoms with E-state index in [0.29, 0.717) is 18.9 Å². The first-order valence-corrected chi connectivity index (χ1v) is 11.4. The Morgan fingerprint density at radius 2 is 1.71 bits per heavy atom. The van der Waals surface area contributed by atoms with Crippen LogP contribution < -0.4 is 16.4 Å². The van der Waals surface area contributed by atoms with Gasteiger partial charge in [-0.05, 0) is 36.4 Å². The standard InChI is InChI=1S/C19H20Cl2N4O5S/c20-15-4-2-13(10-17(15)31(28,29)25-5-7-30-8-6-25)24-18(26)11-23-12-1-3-14(19(22)27)16(21)9-12/h1-4,9-10,23H,5-8,11H2,(H2,22,27)(H,24,26). The van der Waals surface area contributed by atoms with Crippen LogP contribution in [0.3, 0.4) is 0 Å². The van der Waals surface area contributed by atoms with E-state index in [1.165, 1.54) is 34.6 Å². The van der Waals surface area contributed by atoms with Gasteiger partial charge in [-0.1, -0.05) is 23.2 Å². The topological polar surface area (TPSA) is 131 Å². The summed E-state index contributed by atoms with van der Waals surface area (Å²) in [6, 6.07) is 8.74. The van der Waals surface area contributed by atoms with Gasteiger partial charge in [0.2, 0.25) is 21.8 Å². The summed E-state index contributed by atoms with van der Waals surface area (Å²) in [5.41, 5.74) is 6.17. The summed E-state index contributed by atoms with van der Waals surface area (Å²) in [4.78, 5) is 23.4. The second-order valence-corrected chi connectivity index (χ2v) is 9.34. The highest BCUT2D eigenvalue weighted by molar-refractivity contribution is 7.89. The molecule has 0 saturated carbocycles. The normalized spacial score (nSPS) is 14.8. The summed E-state index contributed by atoms with van der Waals surface area (Å²) < 4.78 is 32.2. The van der Waals surface area contributed by atoms with Crippen LogP contribution >= 0.6 is 23.2 Å². The van der Waals surface area contributed by atoms with Gasteiger partial charge in [0.15, 0.2) is 0 Å². The molecule has 0 unspecified atom stereocenters. The lowest BCUT2D eigenvalue weighted by Gasteiger charge is -2.26. The largest absolute Gasteiger partial charge is 0.379 e. The Morgan fingerprint density at radius 3 is 2.35 bits per heavy atom. The van der Waals surface area contributed by atoms with E-state index in [1.807, 2.05) is 0 Å². The molecule has 166 valence electrons. The van der Waals surface area contributed by atoms with Gasteiger partial charge in [-0.3, -0.25) is 9.59 Å². The Kier molecular flexibility index (Phi) is 7.39. The lowest BCUT2D eigenvalue weighted by molar-refractivity contribution is -0.114. The number of hydrogen-bond acceptors (Lipinski definition) is 6. The number of nitrogens with zero attached hydrogens (tertiary/aromatic N) is 1. The number of carbonyl (C=O) groups excluding carboxylic acids is 2. The molecule has 1 aliphatic heterocycles. The number of halogens is 2. The van der Waals surface area contributed by atoms with Crippen molar-refractivity contribution in [2.75, 3.05) is 43.5 Å². The molecule has 1 saturated heterocycles. The Bertz CT molecular complexity index is 1100. The summed E-state index contributed by atoms with van der Waals surface area (Å²) in [5, 5.41) is 5.71. The number of amides is 2. The third-order valence-electron chi connectivity index (χ3n) is 4.49. The maximum absolute atomic E-state index is 12.9. The zero-order valence-corrected chi connectivity index (χ0v) is 18.6. The molecule has 0 radical (unpaired) electrons. The molecule has 0 bridgehead atoms. The maximum Gasteiger partial charge on any atom is 0.250 e. The lowest BCUT2D eigenvalue weighted by atomic mass is 10.2. The van der Waals surface area contributed by atoms with E-state index >= 15 is 0 Å². The summed E-state index contributed by atoms with van der Waals surface area (Å²) in [6.45, 7) is 0.958. The molecule has 1 aliphatic rings. The van der Waals surface area contributed by atoms with Crippen LogP contribution in [0.25, 0.3) is 0 Å². The average molecular weight is 487 g/mol. The first-order chi connectivity index (χ1) is 14.7. The third kappa shape index (κ3) is 5.66. The zero-order chi connectivity index (χ0) is 22.6. The molecular weight excluding hydrogens is 467 g/mol. The zero-order valence-electron chi connectivity index (χ0n) is 16.2. The van der Waals surface area contributed by atoms with E-state index in [-0.39, 0.29) is 45.8 Å². The number of sulfonamides is 1. The van der Waals surface area contributed by atoms with Crippen molar-refractivity contribution in [3.05, 3.63) is 52.0 Å². The van der Waals surface area contributed by atoms with Crippen LogP contribution in [0.1, 0.15) is 10.4 Å². The van der Waals surface area contributed by atoms with Gasteiger partial charge >= 0.3 is 0 Å². The van der Waals surface area contributed by atoms with Crippen molar-refractivity contribution in [3.8, 4) is 0 Å². The number of anilines is 2. The Labute approximate surface area is 189 Å². The predicted octanol–water partition coefficient (Wildman–Crippen LogP) is 2.16. The predicted molar refractivity (Wildman–Crippen MR) is 118 cm³/mol. The molecule has 1 heterocycles. The number of ether oxygens (including phenoxy) is 1. The molecule has 12 heteroatoms. The fourth-order valence-corrected chi connectivity index (χ4v) is 5.10. The Balaban J connectivity index is 1.67. The Morgan fingerprint density at radius 1 is 1.03 bits per heavy atom. The number of rotatable bonds is 7. The van der Waals surface area contributed by atoms with Gasteiger partial charge in [-0.25, -0.2) is 8.42 Å². The van der Waals surface area contributed by atoms with Crippen molar-refractivity contribution in [1.29, 1.82) is 0 Å². The highest BCUT2D eigenvalue weighted by atomic mass is 35.5. The minimum absolute atomic E-state index is 0.0619. The third-order valence-corrected chi connectivity index (χ3v) is 7.18. The molecule has 2 aromatic rings. The summed E-state index contributed by atoms with van der Waals surface area (Å²) in [7, 11) is -3.82. The van der Waals surface area contributed by atoms with Crippen LogP contribution in [0.4, 0.5) is 11.4 Å². The van der Waals surface area contributed by atoms with Gasteiger partial charge < -0.3 is 21.1 Å². The molecule has 2 aromatic carbocycles. The summed E-state index contributed by atoms with van der Waals surface area (Å²) in [6.07, 6.45) is 0. The van der Waals surface area contributed by atoms with E-state index in [9.17, 15) is 18.0 Å². The van der Waals surface area contributed by atoms with Crippen molar-refractivity contribution in [3.63, 3.8) is 0 Å². The maximum atomic E-state index is 12.9. The molecule has 0 aliphatic carbocycles. The van der Waals surface area contributed by atoms with Gasteiger partial charge in [0.1, 0.15) is 4.90 Å². The van der Waals surface area contributed by atoms with Crippen LogP contribution in [0.2, 0.25) is 10.0 Å². The highest BCUT2D eigenvalue weighted by Gasteiger charge is 2.28. The van der Waals surface area contributed by atoms with Crippen LogP contribution in [-0.2, 0) is 19.6 Å². The SMILES string of the molecule is NC(=O)c1ccc(NCC(=O)Nc2ccc(Cl)c(S(=O)(=O)N3CCOCC3)c2)cc1Cl. The first kappa shape index (κ1) is 23.3. The smallest absolute Gasteiger partial charge is 0.250 e. The van der Waals surface area contributed by atoms with E-state index in [0.717, 1.165) is 0 Å². The lowest BCUT2D eigenvalue weighted by Crippen LogP contribution is -2.40. The van der Waals surface area contributed by atoms with Gasteiger partial charge in [0.05, 0.1) is 35.4 Å². The van der Waals surface area contributed by atoms with Crippen molar-refractivity contribution in [2.45, 2.75) is 4.90 Å². The molecule has 31 heavy (non-hydrogen) atoms. The minimum Gasteiger partial charge on any atom is -0.379 e. The second kappa shape index (κ2) is 9.84. The van der Waals surface area contributed by atoms with E-state index in [1.54, 1.807) is 6.07 Å². The molecule has 4 N–H and O–H groups in total. The fraction of sp³-hybridized carbons (Fsp3) is 0.263. The molecule has 3 rings (SSSR count). The highest BCUT2D eigenvalue weighted by Crippen LogP contribution is 2.28. The number of hydrogen-bond donors (Lipinski definition) is 3.